The number of rotatable bonds is 16. The smallest absolute Gasteiger partial charge is 0.314 e. The van der Waals surface area contributed by atoms with Gasteiger partial charge in [-0.1, -0.05) is 67.2 Å². The summed E-state index contributed by atoms with van der Waals surface area (Å²) in [6.07, 6.45) is -4.66. The van der Waals surface area contributed by atoms with E-state index in [0.717, 1.165) is 43.6 Å². The van der Waals surface area contributed by atoms with E-state index in [-0.39, 0.29) is 30.6 Å². The first kappa shape index (κ1) is 45.6. The molecule has 0 N–H and O–H groups in total. The molecule has 6 aromatic rings. The van der Waals surface area contributed by atoms with E-state index in [0.29, 0.717) is 34.6 Å². The Morgan fingerprint density at radius 1 is 0.645 bits per heavy atom. The van der Waals surface area contributed by atoms with Crippen molar-refractivity contribution in [3.05, 3.63) is 144 Å². The predicted octanol–water partition coefficient (Wildman–Crippen LogP) is 7.80. The quantitative estimate of drug-likeness (QED) is 0.0870. The van der Waals surface area contributed by atoms with E-state index in [4.69, 9.17) is 8.83 Å². The Kier molecular flexibility index (Phi) is 15.2. The Morgan fingerprint density at radius 3 is 1.56 bits per heavy atom. The van der Waals surface area contributed by atoms with Gasteiger partial charge < -0.3 is 18.6 Å². The number of halogens is 4. The second kappa shape index (κ2) is 20.7. The van der Waals surface area contributed by atoms with Crippen LogP contribution in [0.15, 0.2) is 130 Å². The van der Waals surface area contributed by atoms with E-state index in [2.05, 4.69) is 43.8 Å². The Bertz CT molecular complexity index is 2570. The highest BCUT2D eigenvalue weighted by molar-refractivity contribution is 7.95. The maximum Gasteiger partial charge on any atom is 0.314 e. The molecular formula is C42H44F4N8O6S2. The predicted molar refractivity (Wildman–Crippen MR) is 226 cm³/mol. The zero-order valence-electron chi connectivity index (χ0n) is 33.6. The molecule has 2 aromatic heterocycles. The van der Waals surface area contributed by atoms with Crippen LogP contribution < -0.4 is 8.61 Å². The molecule has 14 nitrogen and oxygen atoms in total. The Hall–Kier alpha value is -5.96. The number of nitrogens with zero attached hydrogens (tertiary/aromatic N) is 8. The van der Waals surface area contributed by atoms with Crippen LogP contribution in [0, 0.1) is 0 Å². The van der Waals surface area contributed by atoms with Gasteiger partial charge in [0.25, 0.3) is 21.8 Å². The molecule has 1 aliphatic heterocycles. The second-order valence-electron chi connectivity index (χ2n) is 14.1. The number of benzene rings is 4. The summed E-state index contributed by atoms with van der Waals surface area (Å²) in [5.74, 6) is -1.51. The van der Waals surface area contributed by atoms with Crippen LogP contribution in [0.4, 0.5) is 28.9 Å². The van der Waals surface area contributed by atoms with Crippen molar-refractivity contribution in [1.82, 2.24) is 30.2 Å². The van der Waals surface area contributed by atoms with Crippen LogP contribution in [0.2, 0.25) is 0 Å². The summed E-state index contributed by atoms with van der Waals surface area (Å²) >= 11 is 0. The molecule has 7 rings (SSSR count). The van der Waals surface area contributed by atoms with Crippen LogP contribution in [-0.4, -0.2) is 92.6 Å². The fourth-order valence-electron chi connectivity index (χ4n) is 6.35. The van der Waals surface area contributed by atoms with Gasteiger partial charge in [-0.15, -0.1) is 20.4 Å². The highest BCUT2D eigenvalue weighted by Gasteiger charge is 2.26. The SMILES string of the molecule is C=CS(=O)(=O)N(Cc1ccc(-c2nnc(C(F)F)o2)cc1)c1ccccc1.CN1CCCN(CCS(=O)(=O)N(Cc2ccc(-c3nnc(C(F)F)o3)cc2)c2ccccc2)CC1. The zero-order chi connectivity index (χ0) is 44.3. The normalized spacial score (nSPS) is 14.0. The van der Waals surface area contributed by atoms with Gasteiger partial charge in [-0.2, -0.15) is 17.6 Å². The molecule has 1 aliphatic rings. The lowest BCUT2D eigenvalue weighted by Crippen LogP contribution is -2.38. The lowest BCUT2D eigenvalue weighted by atomic mass is 10.1. The first-order valence-electron chi connectivity index (χ1n) is 19.3. The summed E-state index contributed by atoms with van der Waals surface area (Å²) in [4.78, 5) is 4.47. The molecule has 0 atom stereocenters. The molecule has 0 bridgehead atoms. The molecule has 328 valence electrons. The number of alkyl halides is 4. The Labute approximate surface area is 357 Å². The fraction of sp³-hybridized carbons (Fsp3) is 0.286. The van der Waals surface area contributed by atoms with Crippen molar-refractivity contribution in [3.63, 3.8) is 0 Å². The average molecular weight is 897 g/mol. The van der Waals surface area contributed by atoms with Crippen molar-refractivity contribution in [2.75, 3.05) is 54.1 Å². The largest absolute Gasteiger partial charge is 0.415 e. The number of para-hydroxylation sites is 2. The molecule has 62 heavy (non-hydrogen) atoms. The minimum absolute atomic E-state index is 0.0116. The number of sulfonamides is 2. The number of hydrogen-bond acceptors (Lipinski definition) is 12. The summed E-state index contributed by atoms with van der Waals surface area (Å²) in [6, 6.07) is 30.9. The van der Waals surface area contributed by atoms with Crippen LogP contribution in [0.25, 0.3) is 22.9 Å². The number of hydrogen-bond donors (Lipinski definition) is 0. The number of aromatic nitrogens is 4. The van der Waals surface area contributed by atoms with Gasteiger partial charge in [0.15, 0.2) is 0 Å². The van der Waals surface area contributed by atoms with Crippen molar-refractivity contribution >= 4 is 31.4 Å². The monoisotopic (exact) mass is 896 g/mol. The summed E-state index contributed by atoms with van der Waals surface area (Å²) < 4.78 is 115. The maximum absolute atomic E-state index is 13.5. The van der Waals surface area contributed by atoms with E-state index >= 15 is 0 Å². The molecule has 0 spiro atoms. The summed E-state index contributed by atoms with van der Waals surface area (Å²) in [6.45, 7) is 7.74. The van der Waals surface area contributed by atoms with Crippen molar-refractivity contribution in [2.24, 2.45) is 0 Å². The number of likely N-dealkylation sites (N-methyl/N-ethyl adjacent to an activating group) is 1. The lowest BCUT2D eigenvalue weighted by molar-refractivity contribution is 0.115. The first-order chi connectivity index (χ1) is 29.7. The molecule has 0 saturated carbocycles. The van der Waals surface area contributed by atoms with E-state index in [9.17, 15) is 34.4 Å². The highest BCUT2D eigenvalue weighted by Crippen LogP contribution is 2.28. The molecule has 20 heteroatoms. The minimum Gasteiger partial charge on any atom is -0.415 e. The van der Waals surface area contributed by atoms with E-state index in [1.165, 1.54) is 8.61 Å². The van der Waals surface area contributed by atoms with Crippen LogP contribution >= 0.6 is 0 Å². The summed E-state index contributed by atoms with van der Waals surface area (Å²) in [7, 11) is -5.24. The van der Waals surface area contributed by atoms with Gasteiger partial charge in [-0.3, -0.25) is 8.61 Å². The topological polar surface area (TPSA) is 159 Å². The van der Waals surface area contributed by atoms with Gasteiger partial charge in [-0.05, 0) is 86.2 Å². The second-order valence-corrected chi connectivity index (χ2v) is 17.9. The first-order valence-corrected chi connectivity index (χ1v) is 22.4. The molecule has 0 aliphatic carbocycles. The zero-order valence-corrected chi connectivity index (χ0v) is 35.2. The van der Waals surface area contributed by atoms with E-state index < -0.39 is 44.7 Å². The van der Waals surface area contributed by atoms with Crippen LogP contribution in [0.5, 0.6) is 0 Å². The van der Waals surface area contributed by atoms with Crippen molar-refractivity contribution < 1.29 is 43.2 Å². The molecule has 0 amide bonds. The third-order valence-corrected chi connectivity index (χ3v) is 12.8. The van der Waals surface area contributed by atoms with E-state index in [1.54, 1.807) is 91.0 Å². The molecule has 3 heterocycles. The molecular weight excluding hydrogens is 853 g/mol. The van der Waals surface area contributed by atoms with Crippen LogP contribution in [0.3, 0.4) is 0 Å². The molecule has 1 saturated heterocycles. The standard InChI is InChI=1S/C24H29F2N5O3S.C18H15F2N3O3S/c1-29-12-5-13-30(15-14-29)16-17-35(32,33)31(21-6-3-2-4-7-21)18-19-8-10-20(11-9-19)23-27-28-24(34-23)22(25)26;1-2-27(24,25)23(15-6-4-3-5-7-15)12-13-8-10-14(11-9-13)17-21-22-18(26-17)16(19)20/h2-4,6-11,22H,5,12-18H2,1H3;2-11,16H,1,12H2. The molecule has 0 radical (unpaired) electrons. The van der Waals surface area contributed by atoms with Crippen molar-refractivity contribution in [3.8, 4) is 22.9 Å². The summed E-state index contributed by atoms with van der Waals surface area (Å²) in [5.41, 5.74) is 3.45. The maximum atomic E-state index is 13.5. The van der Waals surface area contributed by atoms with Gasteiger partial charge >= 0.3 is 12.9 Å². The van der Waals surface area contributed by atoms with Gasteiger partial charge in [0, 0.05) is 36.2 Å². The highest BCUT2D eigenvalue weighted by atomic mass is 32.2. The third kappa shape index (κ3) is 12.1. The Morgan fingerprint density at radius 2 is 1.11 bits per heavy atom. The molecule has 1 fully saturated rings. The van der Waals surface area contributed by atoms with Gasteiger partial charge in [-0.25, -0.2) is 16.8 Å². The van der Waals surface area contributed by atoms with Gasteiger partial charge in [0.1, 0.15) is 0 Å². The fourth-order valence-corrected chi connectivity index (χ4v) is 8.77. The number of anilines is 2. The van der Waals surface area contributed by atoms with Crippen molar-refractivity contribution in [2.45, 2.75) is 32.4 Å². The summed E-state index contributed by atoms with van der Waals surface area (Å²) in [5, 5.41) is 14.7. The average Bonchev–Trinajstić information content (AvgIpc) is 3.94. The third-order valence-electron chi connectivity index (χ3n) is 9.73. The lowest BCUT2D eigenvalue weighted by Gasteiger charge is -2.27. The van der Waals surface area contributed by atoms with Crippen molar-refractivity contribution in [1.29, 1.82) is 0 Å². The van der Waals surface area contributed by atoms with E-state index in [1.807, 2.05) is 18.2 Å². The van der Waals surface area contributed by atoms with Crippen LogP contribution in [-0.2, 0) is 33.1 Å². The van der Waals surface area contributed by atoms with Gasteiger partial charge in [0.2, 0.25) is 21.8 Å². The van der Waals surface area contributed by atoms with Crippen LogP contribution in [0.1, 0.15) is 42.2 Å². The molecule has 0 unspecified atom stereocenters. The minimum atomic E-state index is -3.71. The Balaban J connectivity index is 0.000000214. The van der Waals surface area contributed by atoms with Gasteiger partial charge in [0.05, 0.1) is 30.2 Å². The molecule has 4 aromatic carbocycles.